The zero-order valence-corrected chi connectivity index (χ0v) is 20.7. The Labute approximate surface area is 210 Å². The fourth-order valence-corrected chi connectivity index (χ4v) is 4.58. The van der Waals surface area contributed by atoms with Gasteiger partial charge in [-0.25, -0.2) is 4.79 Å². The first kappa shape index (κ1) is 23.7. The van der Waals surface area contributed by atoms with Gasteiger partial charge in [-0.2, -0.15) is 5.26 Å². The first-order chi connectivity index (χ1) is 17.5. The van der Waals surface area contributed by atoms with Gasteiger partial charge in [0.15, 0.2) is 0 Å². The second kappa shape index (κ2) is 9.94. The number of ether oxygens (including phenoxy) is 2. The van der Waals surface area contributed by atoms with E-state index in [9.17, 15) is 10.1 Å². The number of anilines is 1. The van der Waals surface area contributed by atoms with Crippen LogP contribution in [0, 0.1) is 17.2 Å². The SMILES string of the molecule is CCN=C(N)COc1ccc2c(C#N)c(-c3ccc(NC(=O)OC(C)C4CC4)cc3)n(C3CC3)c2c1. The van der Waals surface area contributed by atoms with E-state index in [2.05, 4.69) is 20.9 Å². The van der Waals surface area contributed by atoms with Crippen molar-refractivity contribution in [3.05, 3.63) is 48.0 Å². The van der Waals surface area contributed by atoms with Crippen LogP contribution in [0.4, 0.5) is 10.5 Å². The molecule has 186 valence electrons. The number of nitrogens with two attached hydrogens (primary N) is 1. The normalized spacial score (nSPS) is 16.4. The lowest BCUT2D eigenvalue weighted by atomic mass is 10.1. The maximum Gasteiger partial charge on any atom is 0.411 e. The van der Waals surface area contributed by atoms with Crippen LogP contribution in [0.3, 0.4) is 0 Å². The number of aromatic nitrogens is 1. The zero-order valence-electron chi connectivity index (χ0n) is 20.7. The van der Waals surface area contributed by atoms with E-state index in [0.717, 1.165) is 47.8 Å². The highest BCUT2D eigenvalue weighted by Gasteiger charge is 2.32. The van der Waals surface area contributed by atoms with Crippen LogP contribution < -0.4 is 15.8 Å². The van der Waals surface area contributed by atoms with E-state index in [-0.39, 0.29) is 12.7 Å². The molecule has 5 rings (SSSR count). The van der Waals surface area contributed by atoms with Gasteiger partial charge in [-0.1, -0.05) is 12.1 Å². The highest BCUT2D eigenvalue weighted by molar-refractivity contribution is 5.96. The number of hydrogen-bond donors (Lipinski definition) is 2. The molecule has 1 atom stereocenters. The number of fused-ring (bicyclic) bond motifs is 1. The Morgan fingerprint density at radius 1 is 1.22 bits per heavy atom. The molecule has 1 heterocycles. The molecular weight excluding hydrogens is 454 g/mol. The first-order valence-corrected chi connectivity index (χ1v) is 12.6. The van der Waals surface area contributed by atoms with Crippen LogP contribution in [0.1, 0.15) is 51.1 Å². The summed E-state index contributed by atoms with van der Waals surface area (Å²) >= 11 is 0. The smallest absolute Gasteiger partial charge is 0.411 e. The van der Waals surface area contributed by atoms with Crippen molar-refractivity contribution in [1.29, 1.82) is 5.26 Å². The van der Waals surface area contributed by atoms with Gasteiger partial charge in [0.25, 0.3) is 0 Å². The van der Waals surface area contributed by atoms with Crippen molar-refractivity contribution < 1.29 is 14.3 Å². The second-order valence-corrected chi connectivity index (χ2v) is 9.52. The van der Waals surface area contributed by atoms with Crippen molar-refractivity contribution in [2.24, 2.45) is 16.6 Å². The zero-order chi connectivity index (χ0) is 25.2. The van der Waals surface area contributed by atoms with E-state index in [1.54, 1.807) is 0 Å². The molecule has 1 amide bonds. The van der Waals surface area contributed by atoms with Crippen LogP contribution in [0.15, 0.2) is 47.5 Å². The number of aliphatic imine (C=N–C) groups is 1. The van der Waals surface area contributed by atoms with E-state index in [1.165, 1.54) is 0 Å². The molecule has 2 aliphatic carbocycles. The van der Waals surface area contributed by atoms with Crippen molar-refractivity contribution in [2.75, 3.05) is 18.5 Å². The van der Waals surface area contributed by atoms with Gasteiger partial charge >= 0.3 is 6.09 Å². The average Bonchev–Trinajstić information content (AvgIpc) is 3.79. The molecule has 1 aromatic heterocycles. The number of carbonyl (C=O) groups excluding carboxylic acids is 1. The Kier molecular flexibility index (Phi) is 6.55. The third-order valence-electron chi connectivity index (χ3n) is 6.73. The van der Waals surface area contributed by atoms with Gasteiger partial charge in [-0.05, 0) is 75.3 Å². The monoisotopic (exact) mass is 485 g/mol. The minimum Gasteiger partial charge on any atom is -0.486 e. The van der Waals surface area contributed by atoms with Crippen LogP contribution >= 0.6 is 0 Å². The maximum atomic E-state index is 12.2. The third kappa shape index (κ3) is 5.01. The summed E-state index contributed by atoms with van der Waals surface area (Å²) in [4.78, 5) is 16.4. The Bertz CT molecular complexity index is 1340. The number of rotatable bonds is 9. The van der Waals surface area contributed by atoms with Crippen LogP contribution in [0.5, 0.6) is 5.75 Å². The van der Waals surface area contributed by atoms with Gasteiger partial charge in [0.1, 0.15) is 30.4 Å². The largest absolute Gasteiger partial charge is 0.486 e. The number of nitrogens with zero attached hydrogens (tertiary/aromatic N) is 3. The number of carbonyl (C=O) groups is 1. The molecule has 2 aromatic carbocycles. The molecule has 2 fully saturated rings. The van der Waals surface area contributed by atoms with Gasteiger partial charge in [0, 0.05) is 29.7 Å². The van der Waals surface area contributed by atoms with E-state index < -0.39 is 6.09 Å². The molecule has 0 spiro atoms. The standard InChI is InChI=1S/C28H31N5O3/c1-3-31-26(30)16-35-22-12-13-23-24(15-29)27(33(21-10-11-21)25(23)14-22)19-6-8-20(9-7-19)32-28(34)36-17(2)18-4-5-18/h6-9,12-14,17-18,21H,3-5,10-11,16H2,1-2H3,(H2,30,31)(H,32,34). The summed E-state index contributed by atoms with van der Waals surface area (Å²) in [6, 6.07) is 16.1. The van der Waals surface area contributed by atoms with Crippen LogP contribution in [0.2, 0.25) is 0 Å². The molecule has 36 heavy (non-hydrogen) atoms. The number of hydrogen-bond acceptors (Lipinski definition) is 5. The number of benzene rings is 2. The molecule has 3 N–H and O–H groups in total. The Morgan fingerprint density at radius 2 is 1.97 bits per heavy atom. The molecule has 0 aliphatic heterocycles. The molecule has 0 radical (unpaired) electrons. The van der Waals surface area contributed by atoms with E-state index in [1.807, 2.05) is 56.3 Å². The van der Waals surface area contributed by atoms with Gasteiger partial charge in [0.2, 0.25) is 0 Å². The fraction of sp³-hybridized carbons (Fsp3) is 0.393. The molecule has 8 nitrogen and oxygen atoms in total. The molecule has 8 heteroatoms. The quantitative estimate of drug-likeness (QED) is 0.302. The highest BCUT2D eigenvalue weighted by Crippen LogP contribution is 2.45. The average molecular weight is 486 g/mol. The molecular formula is C28H31N5O3. The summed E-state index contributed by atoms with van der Waals surface area (Å²) in [5.41, 5.74) is 9.94. The highest BCUT2D eigenvalue weighted by atomic mass is 16.6. The van der Waals surface area contributed by atoms with Crippen molar-refractivity contribution in [2.45, 2.75) is 51.7 Å². The maximum absolute atomic E-state index is 12.2. The lowest BCUT2D eigenvalue weighted by Gasteiger charge is -2.14. The van der Waals surface area contributed by atoms with Gasteiger partial charge in [-0.15, -0.1) is 0 Å². The van der Waals surface area contributed by atoms with Gasteiger partial charge in [0.05, 0.1) is 16.8 Å². The summed E-state index contributed by atoms with van der Waals surface area (Å²) in [5.74, 6) is 1.62. The van der Waals surface area contributed by atoms with Crippen molar-refractivity contribution in [3.8, 4) is 23.1 Å². The van der Waals surface area contributed by atoms with E-state index in [4.69, 9.17) is 15.2 Å². The lowest BCUT2D eigenvalue weighted by Crippen LogP contribution is -2.21. The van der Waals surface area contributed by atoms with Gasteiger partial charge < -0.3 is 19.8 Å². The molecule has 1 unspecified atom stereocenters. The van der Waals surface area contributed by atoms with Crippen LogP contribution in [-0.2, 0) is 4.74 Å². The van der Waals surface area contributed by atoms with Crippen molar-refractivity contribution >= 4 is 28.5 Å². The number of amidine groups is 1. The summed E-state index contributed by atoms with van der Waals surface area (Å²) in [6.07, 6.45) is 3.86. The van der Waals surface area contributed by atoms with E-state index in [0.29, 0.717) is 41.3 Å². The molecule has 3 aromatic rings. The first-order valence-electron chi connectivity index (χ1n) is 12.6. The summed E-state index contributed by atoms with van der Waals surface area (Å²) in [5, 5.41) is 13.8. The Hall–Kier alpha value is -3.99. The lowest BCUT2D eigenvalue weighted by molar-refractivity contribution is 0.108. The molecule has 0 saturated heterocycles. The number of nitrogens with one attached hydrogen (secondary N) is 1. The molecule has 2 saturated carbocycles. The number of nitriles is 1. The minimum absolute atomic E-state index is 0.0686. The predicted octanol–water partition coefficient (Wildman–Crippen LogP) is 5.62. The van der Waals surface area contributed by atoms with E-state index >= 15 is 0 Å². The van der Waals surface area contributed by atoms with Crippen molar-refractivity contribution in [1.82, 2.24) is 4.57 Å². The summed E-state index contributed by atoms with van der Waals surface area (Å²) < 4.78 is 13.6. The molecule has 0 bridgehead atoms. The third-order valence-corrected chi connectivity index (χ3v) is 6.73. The Balaban J connectivity index is 1.43. The fourth-order valence-electron chi connectivity index (χ4n) is 4.58. The number of amides is 1. The predicted molar refractivity (Wildman–Crippen MR) is 140 cm³/mol. The summed E-state index contributed by atoms with van der Waals surface area (Å²) in [6.45, 7) is 4.70. The topological polar surface area (TPSA) is 115 Å². The second-order valence-electron chi connectivity index (χ2n) is 9.52. The van der Waals surface area contributed by atoms with Crippen LogP contribution in [-0.4, -0.2) is 35.8 Å². The Morgan fingerprint density at radius 3 is 2.61 bits per heavy atom. The van der Waals surface area contributed by atoms with Crippen molar-refractivity contribution in [3.63, 3.8) is 0 Å². The minimum atomic E-state index is -0.441. The van der Waals surface area contributed by atoms with Gasteiger partial charge in [-0.3, -0.25) is 10.3 Å². The summed E-state index contributed by atoms with van der Waals surface area (Å²) in [7, 11) is 0. The molecule has 2 aliphatic rings. The van der Waals surface area contributed by atoms with Crippen LogP contribution in [0.25, 0.3) is 22.2 Å².